The van der Waals surface area contributed by atoms with E-state index < -0.39 is 11.9 Å². The van der Waals surface area contributed by atoms with Crippen LogP contribution in [0.2, 0.25) is 0 Å². The van der Waals surface area contributed by atoms with Crippen molar-refractivity contribution in [3.8, 4) is 34.8 Å². The normalized spacial score (nSPS) is 13.9. The topological polar surface area (TPSA) is 113 Å². The smallest absolute Gasteiger partial charge is 0.343 e. The molecule has 4 aromatic carbocycles. The number of methoxy groups -OCH3 is 1. The van der Waals surface area contributed by atoms with Crippen LogP contribution >= 0.6 is 0 Å². The molecule has 4 aromatic rings. The van der Waals surface area contributed by atoms with Crippen LogP contribution in [0.25, 0.3) is 0 Å². The second-order valence-corrected chi connectivity index (χ2v) is 10.6. The number of allylic oxidation sites excluding steroid dienone is 1. The number of carbonyl (C=O) groups excluding carboxylic acids is 1. The fourth-order valence-electron chi connectivity index (χ4n) is 4.68. The van der Waals surface area contributed by atoms with Crippen molar-refractivity contribution in [1.29, 1.82) is 5.26 Å². The molecule has 0 saturated heterocycles. The Morgan fingerprint density at radius 3 is 2.36 bits per heavy atom. The maximum atomic E-state index is 13.3. The minimum absolute atomic E-state index is 0.0546. The number of halogens is 1. The first kappa shape index (κ1) is 30.0. The summed E-state index contributed by atoms with van der Waals surface area (Å²) in [6.07, 6.45) is 0. The molecule has 44 heavy (non-hydrogen) atoms. The molecule has 0 fully saturated rings. The van der Waals surface area contributed by atoms with E-state index in [0.29, 0.717) is 52.2 Å². The van der Waals surface area contributed by atoms with Crippen molar-refractivity contribution in [1.82, 2.24) is 0 Å². The van der Waals surface area contributed by atoms with Gasteiger partial charge in [-0.25, -0.2) is 9.18 Å². The standard InChI is InChI=1S/C35H31FN2O6/c1-21(2)19-41-26-11-6-23(7-12-26)35(39)43-27-13-14-28-31(17-27)44-34(38)29(18-37)33(28)24-8-15-30(32(16-24)40-3)42-20-22-4-9-25(36)10-5-22/h4-17,21,33H,19-20,38H2,1-3H3. The lowest BCUT2D eigenvalue weighted by Gasteiger charge is -2.27. The summed E-state index contributed by atoms with van der Waals surface area (Å²) in [6, 6.07) is 25.2. The van der Waals surface area contributed by atoms with E-state index in [1.165, 1.54) is 19.2 Å². The van der Waals surface area contributed by atoms with Crippen LogP contribution < -0.4 is 29.4 Å². The first-order valence-corrected chi connectivity index (χ1v) is 14.0. The molecule has 0 amide bonds. The summed E-state index contributed by atoms with van der Waals surface area (Å²) in [7, 11) is 1.52. The second-order valence-electron chi connectivity index (χ2n) is 10.6. The molecule has 9 heteroatoms. The third-order valence-electron chi connectivity index (χ3n) is 6.90. The average molecular weight is 595 g/mol. The van der Waals surface area contributed by atoms with Crippen LogP contribution in [0.1, 0.15) is 46.8 Å². The molecular weight excluding hydrogens is 563 g/mol. The Balaban J connectivity index is 1.36. The number of nitriles is 1. The van der Waals surface area contributed by atoms with E-state index in [1.54, 1.807) is 66.7 Å². The van der Waals surface area contributed by atoms with Gasteiger partial charge in [0.05, 0.1) is 25.2 Å². The van der Waals surface area contributed by atoms with Gasteiger partial charge in [0.25, 0.3) is 0 Å². The Morgan fingerprint density at radius 1 is 0.955 bits per heavy atom. The predicted molar refractivity (Wildman–Crippen MR) is 161 cm³/mol. The molecule has 1 unspecified atom stereocenters. The molecule has 2 N–H and O–H groups in total. The van der Waals surface area contributed by atoms with E-state index in [-0.39, 0.29) is 29.6 Å². The highest BCUT2D eigenvalue weighted by Gasteiger charge is 2.32. The molecule has 0 saturated carbocycles. The molecule has 1 aliphatic rings. The Hall–Kier alpha value is -5.49. The highest BCUT2D eigenvalue weighted by molar-refractivity contribution is 5.91. The van der Waals surface area contributed by atoms with Crippen LogP contribution in [0, 0.1) is 23.1 Å². The van der Waals surface area contributed by atoms with Crippen LogP contribution in [-0.2, 0) is 6.61 Å². The number of carbonyl (C=O) groups is 1. The van der Waals surface area contributed by atoms with Gasteiger partial charge in [0.15, 0.2) is 11.5 Å². The van der Waals surface area contributed by atoms with Crippen molar-refractivity contribution in [2.45, 2.75) is 26.4 Å². The fraction of sp³-hybridized carbons (Fsp3) is 0.200. The molecular formula is C35H31FN2O6. The van der Waals surface area contributed by atoms with E-state index in [0.717, 1.165) is 5.56 Å². The third-order valence-corrected chi connectivity index (χ3v) is 6.90. The van der Waals surface area contributed by atoms with Crippen LogP contribution in [0.3, 0.4) is 0 Å². The Kier molecular flexibility index (Phi) is 9.01. The van der Waals surface area contributed by atoms with Gasteiger partial charge < -0.3 is 29.4 Å². The lowest BCUT2D eigenvalue weighted by atomic mass is 9.83. The van der Waals surface area contributed by atoms with Gasteiger partial charge in [0, 0.05) is 11.6 Å². The molecule has 0 spiro atoms. The molecule has 1 atom stereocenters. The fourth-order valence-corrected chi connectivity index (χ4v) is 4.68. The van der Waals surface area contributed by atoms with Crippen molar-refractivity contribution in [2.75, 3.05) is 13.7 Å². The van der Waals surface area contributed by atoms with E-state index in [9.17, 15) is 14.4 Å². The van der Waals surface area contributed by atoms with Gasteiger partial charge >= 0.3 is 5.97 Å². The maximum Gasteiger partial charge on any atom is 0.343 e. The third kappa shape index (κ3) is 6.76. The van der Waals surface area contributed by atoms with Crippen LogP contribution in [0.4, 0.5) is 4.39 Å². The lowest BCUT2D eigenvalue weighted by molar-refractivity contribution is 0.0734. The molecule has 0 radical (unpaired) electrons. The average Bonchev–Trinajstić information content (AvgIpc) is 3.03. The van der Waals surface area contributed by atoms with Crippen molar-refractivity contribution >= 4 is 5.97 Å². The SMILES string of the molecule is COc1cc(C2C(C#N)=C(N)Oc3cc(OC(=O)c4ccc(OCC(C)C)cc4)ccc32)ccc1OCc1ccc(F)cc1. The van der Waals surface area contributed by atoms with Gasteiger partial charge in [-0.2, -0.15) is 5.26 Å². The number of esters is 1. The van der Waals surface area contributed by atoms with E-state index in [4.69, 9.17) is 29.4 Å². The Labute approximate surface area is 255 Å². The van der Waals surface area contributed by atoms with Crippen molar-refractivity contribution in [3.05, 3.63) is 124 Å². The second kappa shape index (κ2) is 13.2. The van der Waals surface area contributed by atoms with Gasteiger partial charge in [0.1, 0.15) is 41.3 Å². The van der Waals surface area contributed by atoms with Gasteiger partial charge in [-0.1, -0.05) is 38.1 Å². The summed E-state index contributed by atoms with van der Waals surface area (Å²) in [5.41, 5.74) is 8.94. The van der Waals surface area contributed by atoms with Crippen molar-refractivity contribution in [2.24, 2.45) is 11.7 Å². The summed E-state index contributed by atoms with van der Waals surface area (Å²) in [4.78, 5) is 12.8. The van der Waals surface area contributed by atoms with Gasteiger partial charge in [-0.3, -0.25) is 0 Å². The number of hydrogen-bond acceptors (Lipinski definition) is 8. The van der Waals surface area contributed by atoms with Crippen LogP contribution in [-0.4, -0.2) is 19.7 Å². The Bertz CT molecular complexity index is 1730. The number of benzene rings is 4. The Morgan fingerprint density at radius 2 is 1.68 bits per heavy atom. The molecule has 224 valence electrons. The highest BCUT2D eigenvalue weighted by atomic mass is 19.1. The van der Waals surface area contributed by atoms with E-state index >= 15 is 0 Å². The molecule has 1 aliphatic heterocycles. The summed E-state index contributed by atoms with van der Waals surface area (Å²) in [5, 5.41) is 9.98. The minimum Gasteiger partial charge on any atom is -0.493 e. The van der Waals surface area contributed by atoms with E-state index in [2.05, 4.69) is 19.9 Å². The lowest BCUT2D eigenvalue weighted by Crippen LogP contribution is -2.21. The number of hydrogen-bond donors (Lipinski definition) is 1. The molecule has 0 aliphatic carbocycles. The van der Waals surface area contributed by atoms with Gasteiger partial charge in [0.2, 0.25) is 5.88 Å². The number of fused-ring (bicyclic) bond motifs is 1. The number of nitrogens with two attached hydrogens (primary N) is 1. The zero-order chi connectivity index (χ0) is 31.2. The van der Waals surface area contributed by atoms with Gasteiger partial charge in [-0.05, 0) is 71.6 Å². The first-order valence-electron chi connectivity index (χ1n) is 14.0. The molecule has 8 nitrogen and oxygen atoms in total. The maximum absolute atomic E-state index is 13.3. The molecule has 0 aromatic heterocycles. The van der Waals surface area contributed by atoms with Crippen molar-refractivity contribution in [3.63, 3.8) is 0 Å². The summed E-state index contributed by atoms with van der Waals surface area (Å²) < 4.78 is 41.9. The van der Waals surface area contributed by atoms with Crippen molar-refractivity contribution < 1.29 is 32.9 Å². The summed E-state index contributed by atoms with van der Waals surface area (Å²) in [5.74, 6) is 1.08. The zero-order valence-electron chi connectivity index (χ0n) is 24.5. The number of nitrogens with zero attached hydrogens (tertiary/aromatic N) is 1. The predicted octanol–water partition coefficient (Wildman–Crippen LogP) is 6.89. The number of ether oxygens (including phenoxy) is 5. The molecule has 5 rings (SSSR count). The quantitative estimate of drug-likeness (QED) is 0.156. The first-order chi connectivity index (χ1) is 21.2. The molecule has 1 heterocycles. The van der Waals surface area contributed by atoms with Crippen LogP contribution in [0.5, 0.6) is 28.7 Å². The minimum atomic E-state index is -0.577. The molecule has 0 bridgehead atoms. The summed E-state index contributed by atoms with van der Waals surface area (Å²) >= 11 is 0. The largest absolute Gasteiger partial charge is 0.493 e. The summed E-state index contributed by atoms with van der Waals surface area (Å²) in [6.45, 7) is 4.90. The number of rotatable bonds is 10. The monoisotopic (exact) mass is 594 g/mol. The van der Waals surface area contributed by atoms with Crippen LogP contribution in [0.15, 0.2) is 96.4 Å². The zero-order valence-corrected chi connectivity index (χ0v) is 24.5. The van der Waals surface area contributed by atoms with E-state index in [1.807, 2.05) is 6.07 Å². The van der Waals surface area contributed by atoms with Gasteiger partial charge in [-0.15, -0.1) is 0 Å². The highest BCUT2D eigenvalue weighted by Crippen LogP contribution is 2.45.